The molecule has 4 nitrogen and oxygen atoms in total. The molecule has 20 heavy (non-hydrogen) atoms. The van der Waals surface area contributed by atoms with Gasteiger partial charge in [0, 0.05) is 18.2 Å². The van der Waals surface area contributed by atoms with E-state index in [1.54, 1.807) is 19.1 Å². The lowest BCUT2D eigenvalue weighted by molar-refractivity contribution is 0.0685. The molecule has 1 aromatic carbocycles. The second-order valence-corrected chi connectivity index (χ2v) is 5.79. The molecule has 1 unspecified atom stereocenters. The minimum absolute atomic E-state index is 0.0237. The van der Waals surface area contributed by atoms with Crippen LogP contribution >= 0.6 is 0 Å². The van der Waals surface area contributed by atoms with E-state index in [0.29, 0.717) is 17.5 Å². The van der Waals surface area contributed by atoms with Gasteiger partial charge in [-0.05, 0) is 49.4 Å². The van der Waals surface area contributed by atoms with E-state index in [2.05, 4.69) is 13.8 Å². The molecule has 1 amide bonds. The molecule has 1 N–H and O–H groups in total. The van der Waals surface area contributed by atoms with Crippen LogP contribution in [0, 0.1) is 12.8 Å². The lowest BCUT2D eigenvalue weighted by atomic mass is 10.00. The third kappa shape index (κ3) is 2.69. The molecule has 0 spiro atoms. The van der Waals surface area contributed by atoms with Crippen LogP contribution in [0.4, 0.5) is 0 Å². The van der Waals surface area contributed by atoms with Crippen molar-refractivity contribution in [1.29, 1.82) is 0 Å². The number of amides is 1. The Morgan fingerprint density at radius 2 is 2.05 bits per heavy atom. The van der Waals surface area contributed by atoms with E-state index in [4.69, 9.17) is 5.11 Å². The normalized spacial score (nSPS) is 18.6. The molecule has 1 aromatic rings. The number of carboxylic acid groups (broad SMARTS) is 1. The minimum Gasteiger partial charge on any atom is -0.478 e. The van der Waals surface area contributed by atoms with Gasteiger partial charge in [-0.25, -0.2) is 4.79 Å². The van der Waals surface area contributed by atoms with Crippen molar-refractivity contribution in [2.75, 3.05) is 6.54 Å². The zero-order valence-corrected chi connectivity index (χ0v) is 12.2. The molecule has 1 aliphatic heterocycles. The monoisotopic (exact) mass is 275 g/mol. The largest absolute Gasteiger partial charge is 0.478 e. The number of carbonyl (C=O) groups is 2. The summed E-state index contributed by atoms with van der Waals surface area (Å²) in [6.07, 6.45) is 2.09. The van der Waals surface area contributed by atoms with E-state index < -0.39 is 5.97 Å². The molecule has 1 aliphatic rings. The number of carbonyl (C=O) groups excluding carboxylic acids is 1. The predicted molar refractivity (Wildman–Crippen MR) is 77.0 cm³/mol. The van der Waals surface area contributed by atoms with Crippen LogP contribution < -0.4 is 0 Å². The first kappa shape index (κ1) is 14.6. The van der Waals surface area contributed by atoms with Crippen molar-refractivity contribution < 1.29 is 14.7 Å². The van der Waals surface area contributed by atoms with E-state index in [0.717, 1.165) is 24.9 Å². The number of carboxylic acids is 1. The van der Waals surface area contributed by atoms with E-state index in [9.17, 15) is 9.59 Å². The molecule has 1 heterocycles. The molecular formula is C16H21NO3. The van der Waals surface area contributed by atoms with Gasteiger partial charge in [0.2, 0.25) is 0 Å². The standard InChI is InChI=1S/C16H21NO3/c1-10(2)14-5-4-8-17(14)15(18)13-7-6-12(16(19)20)9-11(13)3/h6-7,9-10,14H,4-5,8H2,1-3H3,(H,19,20). The lowest BCUT2D eigenvalue weighted by Crippen LogP contribution is -2.38. The maximum Gasteiger partial charge on any atom is 0.335 e. The number of nitrogens with zero attached hydrogens (tertiary/aromatic N) is 1. The topological polar surface area (TPSA) is 57.6 Å². The van der Waals surface area contributed by atoms with E-state index in [1.165, 1.54) is 6.07 Å². The molecule has 1 saturated heterocycles. The Labute approximate surface area is 119 Å². The van der Waals surface area contributed by atoms with Crippen molar-refractivity contribution in [3.8, 4) is 0 Å². The van der Waals surface area contributed by atoms with Crippen LogP contribution in [-0.2, 0) is 0 Å². The summed E-state index contributed by atoms with van der Waals surface area (Å²) in [5.41, 5.74) is 1.56. The zero-order chi connectivity index (χ0) is 14.9. The Morgan fingerprint density at radius 1 is 1.35 bits per heavy atom. The minimum atomic E-state index is -0.965. The molecule has 1 fully saturated rings. The average molecular weight is 275 g/mol. The second kappa shape index (κ2) is 5.65. The number of hydrogen-bond donors (Lipinski definition) is 1. The molecule has 0 aromatic heterocycles. The quantitative estimate of drug-likeness (QED) is 0.922. The van der Waals surface area contributed by atoms with Crippen LogP contribution in [-0.4, -0.2) is 34.5 Å². The van der Waals surface area contributed by atoms with Crippen LogP contribution in [0.15, 0.2) is 18.2 Å². The summed E-state index contributed by atoms with van der Waals surface area (Å²) in [5.74, 6) is -0.496. The van der Waals surface area contributed by atoms with Gasteiger partial charge in [-0.3, -0.25) is 4.79 Å². The van der Waals surface area contributed by atoms with Gasteiger partial charge in [0.15, 0.2) is 0 Å². The fourth-order valence-corrected chi connectivity index (χ4v) is 2.93. The first-order valence-electron chi connectivity index (χ1n) is 7.06. The summed E-state index contributed by atoms with van der Waals surface area (Å²) in [5, 5.41) is 8.97. The highest BCUT2D eigenvalue weighted by atomic mass is 16.4. The summed E-state index contributed by atoms with van der Waals surface area (Å²) in [6.45, 7) is 6.86. The smallest absolute Gasteiger partial charge is 0.335 e. The Hall–Kier alpha value is -1.84. The summed E-state index contributed by atoms with van der Waals surface area (Å²) < 4.78 is 0. The molecule has 0 bridgehead atoms. The van der Waals surface area contributed by atoms with Crippen molar-refractivity contribution in [3.63, 3.8) is 0 Å². The highest BCUT2D eigenvalue weighted by Gasteiger charge is 2.31. The molecule has 108 valence electrons. The number of likely N-dealkylation sites (tertiary alicyclic amines) is 1. The third-order valence-corrected chi connectivity index (χ3v) is 4.03. The van der Waals surface area contributed by atoms with Crippen LogP contribution in [0.25, 0.3) is 0 Å². The molecule has 2 rings (SSSR count). The molecule has 0 saturated carbocycles. The van der Waals surface area contributed by atoms with Crippen molar-refractivity contribution in [1.82, 2.24) is 4.90 Å². The van der Waals surface area contributed by atoms with Crippen LogP contribution in [0.1, 0.15) is 53.0 Å². The first-order chi connectivity index (χ1) is 9.41. The van der Waals surface area contributed by atoms with Crippen molar-refractivity contribution in [2.45, 2.75) is 39.7 Å². The Balaban J connectivity index is 2.27. The summed E-state index contributed by atoms with van der Waals surface area (Å²) >= 11 is 0. The van der Waals surface area contributed by atoms with Gasteiger partial charge in [0.1, 0.15) is 0 Å². The Kier molecular flexibility index (Phi) is 4.12. The van der Waals surface area contributed by atoms with Crippen LogP contribution in [0.3, 0.4) is 0 Å². The summed E-state index contributed by atoms with van der Waals surface area (Å²) in [6, 6.07) is 5.00. The van der Waals surface area contributed by atoms with Crippen molar-refractivity contribution in [3.05, 3.63) is 34.9 Å². The second-order valence-electron chi connectivity index (χ2n) is 5.79. The van der Waals surface area contributed by atoms with Crippen molar-refractivity contribution >= 4 is 11.9 Å². The number of rotatable bonds is 3. The Bertz CT molecular complexity index is 537. The maximum atomic E-state index is 12.6. The van der Waals surface area contributed by atoms with Gasteiger partial charge >= 0.3 is 5.97 Å². The van der Waals surface area contributed by atoms with Gasteiger partial charge in [-0.1, -0.05) is 13.8 Å². The highest BCUT2D eigenvalue weighted by molar-refractivity contribution is 5.97. The first-order valence-corrected chi connectivity index (χ1v) is 7.06. The molecule has 0 aliphatic carbocycles. The summed E-state index contributed by atoms with van der Waals surface area (Å²) in [7, 11) is 0. The van der Waals surface area contributed by atoms with Crippen molar-refractivity contribution in [2.24, 2.45) is 5.92 Å². The number of aromatic carboxylic acids is 1. The zero-order valence-electron chi connectivity index (χ0n) is 12.2. The van der Waals surface area contributed by atoms with E-state index in [-0.39, 0.29) is 11.5 Å². The predicted octanol–water partition coefficient (Wildman–Crippen LogP) is 2.95. The molecule has 1 atom stereocenters. The van der Waals surface area contributed by atoms with Gasteiger partial charge < -0.3 is 10.0 Å². The van der Waals surface area contributed by atoms with Gasteiger partial charge in [0.05, 0.1) is 5.56 Å². The fourth-order valence-electron chi connectivity index (χ4n) is 2.93. The van der Waals surface area contributed by atoms with Crippen LogP contribution in [0.2, 0.25) is 0 Å². The Morgan fingerprint density at radius 3 is 2.60 bits per heavy atom. The van der Waals surface area contributed by atoms with Crippen LogP contribution in [0.5, 0.6) is 0 Å². The third-order valence-electron chi connectivity index (χ3n) is 4.03. The molecule has 0 radical (unpaired) electrons. The average Bonchev–Trinajstić information content (AvgIpc) is 2.87. The van der Waals surface area contributed by atoms with Gasteiger partial charge in [-0.15, -0.1) is 0 Å². The number of benzene rings is 1. The van der Waals surface area contributed by atoms with Gasteiger partial charge in [-0.2, -0.15) is 0 Å². The maximum absolute atomic E-state index is 12.6. The fraction of sp³-hybridized carbons (Fsp3) is 0.500. The van der Waals surface area contributed by atoms with Gasteiger partial charge in [0.25, 0.3) is 5.91 Å². The number of hydrogen-bond acceptors (Lipinski definition) is 2. The molecular weight excluding hydrogens is 254 g/mol. The highest BCUT2D eigenvalue weighted by Crippen LogP contribution is 2.26. The van der Waals surface area contributed by atoms with E-state index in [1.807, 2.05) is 4.90 Å². The van der Waals surface area contributed by atoms with E-state index >= 15 is 0 Å². The number of aryl methyl sites for hydroxylation is 1. The lowest BCUT2D eigenvalue weighted by Gasteiger charge is -2.28. The molecule has 4 heteroatoms. The SMILES string of the molecule is Cc1cc(C(=O)O)ccc1C(=O)N1CCCC1C(C)C. The summed E-state index contributed by atoms with van der Waals surface area (Å²) in [4.78, 5) is 25.5.